The van der Waals surface area contributed by atoms with Crippen LogP contribution in [0, 0.1) is 0 Å². The number of fused-ring (bicyclic) bond motifs is 1. The molecule has 4 aliphatic heterocycles. The molecular weight excluding hydrogens is 876 g/mol. The number of amides is 3. The number of aryl methyl sites for hydroxylation is 1. The minimum absolute atomic E-state index is 0.204. The molecular formula is C45H55ClN10O8S. The summed E-state index contributed by atoms with van der Waals surface area (Å²) in [7, 11) is -0.453. The van der Waals surface area contributed by atoms with E-state index >= 15 is 0 Å². The fourth-order valence-corrected chi connectivity index (χ4v) is 9.79. The van der Waals surface area contributed by atoms with Crippen LogP contribution in [0.1, 0.15) is 54.1 Å². The van der Waals surface area contributed by atoms with Gasteiger partial charge in [0.1, 0.15) is 34.9 Å². The Morgan fingerprint density at radius 2 is 1.66 bits per heavy atom. The summed E-state index contributed by atoms with van der Waals surface area (Å²) in [4.78, 5) is 55.5. The standard InChI is InChI=1S/C45H55ClN10O8S/c1-5-28-23-34(49-45-47-26-33(46)42(51-45)48-29-9-11-39(62-2)35(24-29)52-65(4,60)61)40(63-3)25-37(28)55-15-13-30(14-16-55)54-19-17-53(18-20-54)21-22-64-38-8-6-7-31-32(38)27-56(44(31)59)36-10-12-41(57)50-43(36)58/h6-9,11,23-26,30,36,52H,5,10,12-22,27H2,1-4H3,(H,50,57,58)(H2,47,48,49,51). The number of imide groups is 1. The van der Waals surface area contributed by atoms with E-state index in [0.717, 1.165) is 88.1 Å². The Labute approximate surface area is 384 Å². The lowest BCUT2D eigenvalue weighted by Gasteiger charge is -2.43. The molecule has 3 saturated heterocycles. The lowest BCUT2D eigenvalue weighted by molar-refractivity contribution is -0.136. The van der Waals surface area contributed by atoms with Gasteiger partial charge >= 0.3 is 0 Å². The number of hydrogen-bond acceptors (Lipinski definition) is 15. The Morgan fingerprint density at radius 3 is 2.37 bits per heavy atom. The number of anilines is 6. The zero-order chi connectivity index (χ0) is 45.8. The molecule has 0 radical (unpaired) electrons. The van der Waals surface area contributed by atoms with Crippen LogP contribution in [0.15, 0.2) is 54.7 Å². The van der Waals surface area contributed by atoms with Crippen LogP contribution in [0.2, 0.25) is 5.02 Å². The van der Waals surface area contributed by atoms with Crippen LogP contribution in [0.3, 0.4) is 0 Å². The van der Waals surface area contributed by atoms with E-state index in [0.29, 0.717) is 65.0 Å². The molecule has 18 nitrogen and oxygen atoms in total. The van der Waals surface area contributed by atoms with E-state index < -0.39 is 22.0 Å². The van der Waals surface area contributed by atoms with Crippen molar-refractivity contribution in [1.29, 1.82) is 0 Å². The summed E-state index contributed by atoms with van der Waals surface area (Å²) in [5, 5.41) is 9.10. The third kappa shape index (κ3) is 10.5. The van der Waals surface area contributed by atoms with E-state index in [9.17, 15) is 22.8 Å². The van der Waals surface area contributed by atoms with E-state index in [1.54, 1.807) is 36.3 Å². The second kappa shape index (κ2) is 19.7. The van der Waals surface area contributed by atoms with Crippen LogP contribution in [0.25, 0.3) is 0 Å². The lowest BCUT2D eigenvalue weighted by atomic mass is 9.99. The number of sulfonamides is 1. The van der Waals surface area contributed by atoms with Crippen molar-refractivity contribution in [3.63, 3.8) is 0 Å². The van der Waals surface area contributed by atoms with Gasteiger partial charge in [-0.1, -0.05) is 24.6 Å². The van der Waals surface area contributed by atoms with Crippen molar-refractivity contribution in [2.75, 3.05) is 93.2 Å². The molecule has 65 heavy (non-hydrogen) atoms. The number of piperidine rings is 2. The predicted molar refractivity (Wildman–Crippen MR) is 249 cm³/mol. The first-order valence-corrected chi connectivity index (χ1v) is 24.1. The molecule has 4 aromatic rings. The third-order valence-electron chi connectivity index (χ3n) is 12.5. The van der Waals surface area contributed by atoms with E-state index in [1.165, 1.54) is 13.3 Å². The predicted octanol–water partition coefficient (Wildman–Crippen LogP) is 4.99. The largest absolute Gasteiger partial charge is 0.495 e. The van der Waals surface area contributed by atoms with Crippen molar-refractivity contribution in [1.82, 2.24) is 30.0 Å². The molecule has 346 valence electrons. The van der Waals surface area contributed by atoms with Gasteiger partial charge < -0.3 is 34.6 Å². The normalized spacial score (nSPS) is 18.6. The number of benzene rings is 3. The second-order valence-electron chi connectivity index (χ2n) is 16.6. The first-order chi connectivity index (χ1) is 31.3. The molecule has 0 saturated carbocycles. The first-order valence-electron chi connectivity index (χ1n) is 21.8. The molecule has 20 heteroatoms. The Bertz CT molecular complexity index is 2550. The van der Waals surface area contributed by atoms with Crippen LogP contribution < -0.4 is 39.8 Å². The van der Waals surface area contributed by atoms with Crippen molar-refractivity contribution in [3.8, 4) is 17.2 Å². The molecule has 4 aliphatic rings. The maximum atomic E-state index is 13.2. The van der Waals surface area contributed by atoms with Crippen molar-refractivity contribution in [2.24, 2.45) is 0 Å². The summed E-state index contributed by atoms with van der Waals surface area (Å²) >= 11 is 6.50. The van der Waals surface area contributed by atoms with Crippen LogP contribution in [-0.4, -0.2) is 136 Å². The molecule has 1 aromatic heterocycles. The highest BCUT2D eigenvalue weighted by Crippen LogP contribution is 2.38. The average Bonchev–Trinajstić information content (AvgIpc) is 3.63. The van der Waals surface area contributed by atoms with Crippen LogP contribution >= 0.6 is 11.6 Å². The Balaban J connectivity index is 0.828. The molecule has 8 rings (SSSR count). The van der Waals surface area contributed by atoms with Gasteiger partial charge in [-0.05, 0) is 67.6 Å². The maximum Gasteiger partial charge on any atom is 0.255 e. The third-order valence-corrected chi connectivity index (χ3v) is 13.3. The number of hydrogen-bond donors (Lipinski definition) is 4. The van der Waals surface area contributed by atoms with Crippen LogP contribution in [-0.2, 0) is 32.6 Å². The Hall–Kier alpha value is -5.89. The van der Waals surface area contributed by atoms with Gasteiger partial charge in [0.05, 0.1) is 44.6 Å². The first kappa shape index (κ1) is 45.7. The topological polar surface area (TPSA) is 200 Å². The van der Waals surface area contributed by atoms with E-state index in [1.807, 2.05) is 12.1 Å². The molecule has 0 bridgehead atoms. The van der Waals surface area contributed by atoms with E-state index in [-0.39, 0.29) is 35.5 Å². The van der Waals surface area contributed by atoms with E-state index in [2.05, 4.69) is 64.4 Å². The number of nitrogens with zero attached hydrogens (tertiary/aromatic N) is 6. The number of piperazine rings is 1. The summed E-state index contributed by atoms with van der Waals surface area (Å²) in [5.74, 6) is 1.35. The SMILES string of the molecule is CCc1cc(Nc2ncc(Cl)c(Nc3ccc(OC)c(NS(C)(=O)=O)c3)n2)c(OC)cc1N1CCC(N2CCN(CCOc3cccc4c3CN(C3CCC(=O)NC3=O)C4=O)CC2)CC1. The number of rotatable bonds is 16. The molecule has 0 aliphatic carbocycles. The molecule has 3 amide bonds. The zero-order valence-corrected chi connectivity index (χ0v) is 38.6. The van der Waals surface area contributed by atoms with Crippen molar-refractivity contribution in [2.45, 2.75) is 57.7 Å². The molecule has 4 N–H and O–H groups in total. The Morgan fingerprint density at radius 1 is 0.892 bits per heavy atom. The fraction of sp³-hybridized carbons (Fsp3) is 0.444. The number of carbonyl (C=O) groups is 3. The minimum atomic E-state index is -3.56. The molecule has 0 spiro atoms. The highest BCUT2D eigenvalue weighted by molar-refractivity contribution is 7.92. The Kier molecular flexibility index (Phi) is 13.8. The van der Waals surface area contributed by atoms with Gasteiger partial charge in [0.2, 0.25) is 27.8 Å². The summed E-state index contributed by atoms with van der Waals surface area (Å²) < 4.78 is 43.8. The van der Waals surface area contributed by atoms with Crippen molar-refractivity contribution < 1.29 is 37.0 Å². The lowest BCUT2D eigenvalue weighted by Crippen LogP contribution is -2.53. The highest BCUT2D eigenvalue weighted by atomic mass is 35.5. The number of aromatic nitrogens is 2. The number of nitrogens with one attached hydrogen (secondary N) is 4. The van der Waals surface area contributed by atoms with Gasteiger partial charge in [0.25, 0.3) is 5.91 Å². The number of carbonyl (C=O) groups excluding carboxylic acids is 3. The smallest absolute Gasteiger partial charge is 0.255 e. The van der Waals surface area contributed by atoms with Gasteiger partial charge in [-0.25, -0.2) is 13.4 Å². The van der Waals surface area contributed by atoms with E-state index in [4.69, 9.17) is 25.8 Å². The molecule has 3 aromatic carbocycles. The van der Waals surface area contributed by atoms with Gasteiger partial charge in [-0.15, -0.1) is 0 Å². The second-order valence-corrected chi connectivity index (χ2v) is 18.7. The average molecular weight is 932 g/mol. The zero-order valence-electron chi connectivity index (χ0n) is 37.0. The highest BCUT2D eigenvalue weighted by Gasteiger charge is 2.40. The van der Waals surface area contributed by atoms with Crippen molar-refractivity contribution >= 4 is 73.9 Å². The monoisotopic (exact) mass is 930 g/mol. The maximum absolute atomic E-state index is 13.2. The summed E-state index contributed by atoms with van der Waals surface area (Å²) in [5.41, 5.74) is 5.16. The van der Waals surface area contributed by atoms with Gasteiger partial charge in [-0.2, -0.15) is 4.98 Å². The molecule has 1 atom stereocenters. The molecule has 5 heterocycles. The summed E-state index contributed by atoms with van der Waals surface area (Å²) in [6.45, 7) is 9.41. The summed E-state index contributed by atoms with van der Waals surface area (Å²) in [6, 6.07) is 14.4. The van der Waals surface area contributed by atoms with Crippen LogP contribution in [0.5, 0.6) is 17.2 Å². The van der Waals surface area contributed by atoms with Gasteiger partial charge in [0, 0.05) is 86.8 Å². The van der Waals surface area contributed by atoms with Crippen LogP contribution in [0.4, 0.5) is 34.5 Å². The fourth-order valence-electron chi connectivity index (χ4n) is 9.10. The molecule has 3 fully saturated rings. The quantitative estimate of drug-likeness (QED) is 0.110. The number of halogens is 1. The number of methoxy groups -OCH3 is 2. The minimum Gasteiger partial charge on any atom is -0.495 e. The van der Waals surface area contributed by atoms with Gasteiger partial charge in [-0.3, -0.25) is 34.2 Å². The molecule has 1 unspecified atom stereocenters. The number of ether oxygens (including phenoxy) is 3. The van der Waals surface area contributed by atoms with Gasteiger partial charge in [0.15, 0.2) is 5.82 Å². The van der Waals surface area contributed by atoms with Crippen molar-refractivity contribution in [3.05, 3.63) is 76.4 Å². The summed E-state index contributed by atoms with van der Waals surface area (Å²) in [6.07, 6.45) is 6.01.